The van der Waals surface area contributed by atoms with Gasteiger partial charge in [0.25, 0.3) is 0 Å². The molecule has 1 aromatic carbocycles. The van der Waals surface area contributed by atoms with Crippen molar-refractivity contribution in [2.75, 3.05) is 5.73 Å². The molecule has 0 aliphatic carbocycles. The van der Waals surface area contributed by atoms with E-state index in [2.05, 4.69) is 15.0 Å². The second-order valence-corrected chi connectivity index (χ2v) is 4.42. The molecule has 3 N–H and O–H groups in total. The fourth-order valence-electron chi connectivity index (χ4n) is 1.69. The van der Waals surface area contributed by atoms with E-state index < -0.39 is 5.69 Å². The van der Waals surface area contributed by atoms with Crippen LogP contribution in [0.15, 0.2) is 34.4 Å². The summed E-state index contributed by atoms with van der Waals surface area (Å²) in [5.41, 5.74) is 5.86. The second kappa shape index (κ2) is 3.67. The Kier molecular flexibility index (Phi) is 2.15. The van der Waals surface area contributed by atoms with Crippen LogP contribution in [0, 0.1) is 0 Å². The zero-order valence-corrected chi connectivity index (χ0v) is 9.49. The second-order valence-electron chi connectivity index (χ2n) is 3.51. The van der Waals surface area contributed by atoms with Crippen molar-refractivity contribution in [2.24, 2.45) is 0 Å². The lowest BCUT2D eigenvalue weighted by molar-refractivity contribution is 1.01. The minimum atomic E-state index is -0.484. The van der Waals surface area contributed by atoms with Crippen molar-refractivity contribution >= 4 is 27.4 Å². The molecule has 6 heteroatoms. The van der Waals surface area contributed by atoms with Gasteiger partial charge in [0.15, 0.2) is 0 Å². The summed E-state index contributed by atoms with van der Waals surface area (Å²) in [4.78, 5) is 21.4. The van der Waals surface area contributed by atoms with Gasteiger partial charge < -0.3 is 5.73 Å². The number of rotatable bonds is 1. The molecule has 0 unspecified atom stereocenters. The topological polar surface area (TPSA) is 84.7 Å². The van der Waals surface area contributed by atoms with Gasteiger partial charge in [-0.05, 0) is 6.07 Å². The van der Waals surface area contributed by atoms with E-state index in [1.165, 1.54) is 0 Å². The number of aromatic nitrogens is 3. The number of benzene rings is 1. The maximum atomic E-state index is 11.3. The van der Waals surface area contributed by atoms with Gasteiger partial charge in [-0.25, -0.2) is 4.79 Å². The smallest absolute Gasteiger partial charge is 0.349 e. The minimum Gasteiger partial charge on any atom is -0.368 e. The quantitative estimate of drug-likeness (QED) is 0.681. The Morgan fingerprint density at radius 3 is 2.88 bits per heavy atom. The number of anilines is 1. The van der Waals surface area contributed by atoms with Crippen molar-refractivity contribution in [2.45, 2.75) is 0 Å². The zero-order chi connectivity index (χ0) is 11.8. The molecule has 2 heterocycles. The summed E-state index contributed by atoms with van der Waals surface area (Å²) in [5.74, 6) is 0.444. The zero-order valence-electron chi connectivity index (χ0n) is 8.68. The highest BCUT2D eigenvalue weighted by molar-refractivity contribution is 7.17. The summed E-state index contributed by atoms with van der Waals surface area (Å²) in [6.45, 7) is 0. The van der Waals surface area contributed by atoms with Crippen molar-refractivity contribution < 1.29 is 0 Å². The summed E-state index contributed by atoms with van der Waals surface area (Å²) in [5, 5.41) is 2.99. The number of nitrogen functional groups attached to an aromatic ring is 1. The lowest BCUT2D eigenvalue weighted by Gasteiger charge is -1.99. The number of aromatic amines is 1. The summed E-state index contributed by atoms with van der Waals surface area (Å²) in [6.07, 6.45) is 0. The number of nitrogens with one attached hydrogen (secondary N) is 1. The third kappa shape index (κ3) is 1.68. The molecular weight excluding hydrogens is 236 g/mol. The average molecular weight is 244 g/mol. The van der Waals surface area contributed by atoms with Crippen LogP contribution in [-0.2, 0) is 0 Å². The molecule has 5 nitrogen and oxygen atoms in total. The highest BCUT2D eigenvalue weighted by Crippen LogP contribution is 2.31. The van der Waals surface area contributed by atoms with Crippen molar-refractivity contribution in [1.82, 2.24) is 15.0 Å². The van der Waals surface area contributed by atoms with Crippen LogP contribution in [0.1, 0.15) is 0 Å². The summed E-state index contributed by atoms with van der Waals surface area (Å²) >= 11 is 1.60. The van der Waals surface area contributed by atoms with Crippen LogP contribution in [-0.4, -0.2) is 15.0 Å². The molecule has 3 rings (SSSR count). The van der Waals surface area contributed by atoms with Crippen molar-refractivity contribution in [3.63, 3.8) is 0 Å². The molecule has 0 aliphatic rings. The highest BCUT2D eigenvalue weighted by Gasteiger charge is 2.09. The molecule has 0 saturated carbocycles. The van der Waals surface area contributed by atoms with Gasteiger partial charge in [-0.1, -0.05) is 18.2 Å². The van der Waals surface area contributed by atoms with Crippen LogP contribution < -0.4 is 11.4 Å². The van der Waals surface area contributed by atoms with Crippen molar-refractivity contribution in [3.05, 3.63) is 40.1 Å². The molecule has 0 radical (unpaired) electrons. The van der Waals surface area contributed by atoms with Crippen LogP contribution in [0.2, 0.25) is 0 Å². The first-order valence-corrected chi connectivity index (χ1v) is 5.82. The Morgan fingerprint density at radius 2 is 2.06 bits per heavy atom. The molecule has 0 aliphatic heterocycles. The highest BCUT2D eigenvalue weighted by atomic mass is 32.1. The lowest BCUT2D eigenvalue weighted by Crippen LogP contribution is -2.15. The Bertz CT molecular complexity index is 746. The Morgan fingerprint density at radius 1 is 1.24 bits per heavy atom. The molecule has 2 aromatic heterocycles. The third-order valence-electron chi connectivity index (χ3n) is 2.40. The summed E-state index contributed by atoms with van der Waals surface area (Å²) in [7, 11) is 0. The van der Waals surface area contributed by atoms with E-state index in [4.69, 9.17) is 5.73 Å². The number of H-pyrrole nitrogens is 1. The Labute approximate surface area is 100.0 Å². The van der Waals surface area contributed by atoms with Gasteiger partial charge in [0, 0.05) is 21.0 Å². The Hall–Kier alpha value is -2.21. The number of nitrogens with zero attached hydrogens (tertiary/aromatic N) is 2. The normalized spacial score (nSPS) is 10.8. The monoisotopic (exact) mass is 244 g/mol. The molecule has 17 heavy (non-hydrogen) atoms. The van der Waals surface area contributed by atoms with Crippen molar-refractivity contribution in [1.29, 1.82) is 0 Å². The SMILES string of the molecule is Nc1nc(-c2csc3ccccc23)[nH]c(=O)n1. The van der Waals surface area contributed by atoms with E-state index in [9.17, 15) is 4.79 Å². The van der Waals surface area contributed by atoms with Crippen LogP contribution in [0.3, 0.4) is 0 Å². The molecule has 0 bridgehead atoms. The number of hydrogen-bond acceptors (Lipinski definition) is 5. The van der Waals surface area contributed by atoms with E-state index in [1.807, 2.05) is 29.6 Å². The summed E-state index contributed by atoms with van der Waals surface area (Å²) < 4.78 is 1.14. The Balaban J connectivity index is 2.30. The third-order valence-corrected chi connectivity index (χ3v) is 3.37. The average Bonchev–Trinajstić information content (AvgIpc) is 2.71. The molecule has 3 aromatic rings. The molecule has 84 valence electrons. The van der Waals surface area contributed by atoms with E-state index in [0.717, 1.165) is 15.6 Å². The number of nitrogens with two attached hydrogens (primary N) is 1. The maximum Gasteiger partial charge on any atom is 0.349 e. The lowest BCUT2D eigenvalue weighted by atomic mass is 10.2. The predicted octanol–water partition coefficient (Wildman–Crippen LogP) is 1.63. The van der Waals surface area contributed by atoms with Crippen LogP contribution in [0.5, 0.6) is 0 Å². The van der Waals surface area contributed by atoms with E-state index in [1.54, 1.807) is 11.3 Å². The van der Waals surface area contributed by atoms with Gasteiger partial charge in [0.05, 0.1) is 0 Å². The number of thiophene rings is 1. The fraction of sp³-hybridized carbons (Fsp3) is 0. The van der Waals surface area contributed by atoms with E-state index in [-0.39, 0.29) is 5.95 Å². The van der Waals surface area contributed by atoms with Gasteiger partial charge in [0.1, 0.15) is 5.82 Å². The molecule has 0 saturated heterocycles. The predicted molar refractivity (Wildman–Crippen MR) is 67.9 cm³/mol. The van der Waals surface area contributed by atoms with Gasteiger partial charge in [0.2, 0.25) is 5.95 Å². The maximum absolute atomic E-state index is 11.3. The van der Waals surface area contributed by atoms with E-state index >= 15 is 0 Å². The van der Waals surface area contributed by atoms with Gasteiger partial charge in [-0.3, -0.25) is 4.98 Å². The molecule has 0 fully saturated rings. The van der Waals surface area contributed by atoms with Gasteiger partial charge >= 0.3 is 5.69 Å². The fourth-order valence-corrected chi connectivity index (χ4v) is 2.64. The largest absolute Gasteiger partial charge is 0.368 e. The molecule has 0 spiro atoms. The molecular formula is C11H8N4OS. The van der Waals surface area contributed by atoms with Crippen LogP contribution >= 0.6 is 11.3 Å². The molecule has 0 amide bonds. The minimum absolute atomic E-state index is 0.0148. The first-order valence-electron chi connectivity index (χ1n) is 4.94. The van der Waals surface area contributed by atoms with Crippen LogP contribution in [0.25, 0.3) is 21.5 Å². The standard InChI is InChI=1S/C11H8N4OS/c12-10-13-9(14-11(16)15-10)7-5-17-8-4-2-1-3-6(7)8/h1-5H,(H3,12,13,14,15,16). The first kappa shape index (κ1) is 9.98. The number of hydrogen-bond donors (Lipinski definition) is 2. The molecule has 0 atom stereocenters. The van der Waals surface area contributed by atoms with Gasteiger partial charge in [-0.15, -0.1) is 11.3 Å². The first-order chi connectivity index (χ1) is 8.24. The van der Waals surface area contributed by atoms with E-state index in [0.29, 0.717) is 5.82 Å². The number of fused-ring (bicyclic) bond motifs is 1. The summed E-state index contributed by atoms with van der Waals surface area (Å²) in [6, 6.07) is 7.92. The van der Waals surface area contributed by atoms with Crippen molar-refractivity contribution in [3.8, 4) is 11.4 Å². The van der Waals surface area contributed by atoms with Gasteiger partial charge in [-0.2, -0.15) is 9.97 Å². The van der Waals surface area contributed by atoms with Crippen LogP contribution in [0.4, 0.5) is 5.95 Å².